The summed E-state index contributed by atoms with van der Waals surface area (Å²) < 4.78 is 0. The minimum atomic E-state index is -0.0590. The van der Waals surface area contributed by atoms with Crippen molar-refractivity contribution in [2.24, 2.45) is 5.92 Å². The first-order chi connectivity index (χ1) is 14.2. The Labute approximate surface area is 171 Å². The zero-order valence-corrected chi connectivity index (χ0v) is 16.6. The SMILES string of the molecule is CCc1ccc(NC(=O)C2CCCN(c3ccc(-c4ccncc4)nn3)C2)cc1. The number of nitrogens with one attached hydrogen (secondary N) is 1. The predicted molar refractivity (Wildman–Crippen MR) is 115 cm³/mol. The van der Waals surface area contributed by atoms with Gasteiger partial charge in [-0.1, -0.05) is 19.1 Å². The Morgan fingerprint density at radius 1 is 1.07 bits per heavy atom. The fourth-order valence-electron chi connectivity index (χ4n) is 3.64. The lowest BCUT2D eigenvalue weighted by Crippen LogP contribution is -2.41. The molecule has 1 unspecified atom stereocenters. The molecule has 1 aromatic carbocycles. The Bertz CT molecular complexity index is 941. The molecule has 6 heteroatoms. The van der Waals surface area contributed by atoms with Crippen molar-refractivity contribution >= 4 is 17.4 Å². The number of carbonyl (C=O) groups excluding carboxylic acids is 1. The van der Waals surface area contributed by atoms with E-state index in [1.54, 1.807) is 12.4 Å². The lowest BCUT2D eigenvalue weighted by Gasteiger charge is -2.32. The van der Waals surface area contributed by atoms with Gasteiger partial charge >= 0.3 is 0 Å². The van der Waals surface area contributed by atoms with Crippen LogP contribution in [0.5, 0.6) is 0 Å². The van der Waals surface area contributed by atoms with Gasteiger partial charge in [0.15, 0.2) is 5.82 Å². The average Bonchev–Trinajstić information content (AvgIpc) is 2.80. The monoisotopic (exact) mass is 387 g/mol. The zero-order chi connectivity index (χ0) is 20.1. The molecule has 1 fully saturated rings. The van der Waals surface area contributed by atoms with Crippen molar-refractivity contribution in [3.8, 4) is 11.3 Å². The van der Waals surface area contributed by atoms with Gasteiger partial charge in [0, 0.05) is 36.7 Å². The van der Waals surface area contributed by atoms with Crippen LogP contribution in [-0.4, -0.2) is 34.2 Å². The summed E-state index contributed by atoms with van der Waals surface area (Å²) in [7, 11) is 0. The van der Waals surface area contributed by atoms with Crippen molar-refractivity contribution in [3.05, 3.63) is 66.5 Å². The summed E-state index contributed by atoms with van der Waals surface area (Å²) in [5, 5.41) is 11.8. The number of pyridine rings is 1. The Morgan fingerprint density at radius 3 is 2.55 bits per heavy atom. The third-order valence-corrected chi connectivity index (χ3v) is 5.37. The Morgan fingerprint density at radius 2 is 1.86 bits per heavy atom. The number of benzene rings is 1. The van der Waals surface area contributed by atoms with Crippen LogP contribution < -0.4 is 10.2 Å². The maximum Gasteiger partial charge on any atom is 0.229 e. The molecule has 29 heavy (non-hydrogen) atoms. The van der Waals surface area contributed by atoms with Crippen LogP contribution in [0.1, 0.15) is 25.3 Å². The first kappa shape index (κ1) is 19.1. The molecule has 6 nitrogen and oxygen atoms in total. The average molecular weight is 387 g/mol. The molecule has 1 atom stereocenters. The molecule has 3 aromatic rings. The number of hydrogen-bond acceptors (Lipinski definition) is 5. The molecule has 148 valence electrons. The smallest absolute Gasteiger partial charge is 0.229 e. The molecule has 2 aromatic heterocycles. The fraction of sp³-hybridized carbons (Fsp3) is 0.304. The van der Waals surface area contributed by atoms with E-state index in [4.69, 9.17) is 0 Å². The van der Waals surface area contributed by atoms with Gasteiger partial charge in [-0.2, -0.15) is 0 Å². The normalized spacial score (nSPS) is 16.4. The van der Waals surface area contributed by atoms with Gasteiger partial charge in [-0.3, -0.25) is 9.78 Å². The molecule has 0 radical (unpaired) electrons. The lowest BCUT2D eigenvalue weighted by molar-refractivity contribution is -0.120. The van der Waals surface area contributed by atoms with E-state index in [0.717, 1.165) is 48.6 Å². The van der Waals surface area contributed by atoms with Crippen LogP contribution in [0.2, 0.25) is 0 Å². The van der Waals surface area contributed by atoms with Crippen LogP contribution in [0, 0.1) is 5.92 Å². The van der Waals surface area contributed by atoms with Crippen LogP contribution in [-0.2, 0) is 11.2 Å². The number of aromatic nitrogens is 3. The standard InChI is InChI=1S/C23H25N5O/c1-2-17-5-7-20(8-6-17)25-23(29)19-4-3-15-28(16-19)22-10-9-21(26-27-22)18-11-13-24-14-12-18/h5-14,19H,2-4,15-16H2,1H3,(H,25,29). The lowest BCUT2D eigenvalue weighted by atomic mass is 9.97. The third kappa shape index (κ3) is 4.59. The van der Waals surface area contributed by atoms with E-state index in [1.165, 1.54) is 5.56 Å². The van der Waals surface area contributed by atoms with E-state index in [2.05, 4.69) is 44.5 Å². The molecule has 0 aliphatic carbocycles. The number of aryl methyl sites for hydroxylation is 1. The van der Waals surface area contributed by atoms with Crippen LogP contribution in [0.15, 0.2) is 60.9 Å². The number of nitrogens with zero attached hydrogens (tertiary/aromatic N) is 4. The second kappa shape index (κ2) is 8.82. The van der Waals surface area contributed by atoms with E-state index in [9.17, 15) is 4.79 Å². The van der Waals surface area contributed by atoms with Gasteiger partial charge < -0.3 is 10.2 Å². The fourth-order valence-corrected chi connectivity index (χ4v) is 3.64. The Hall–Kier alpha value is -3.28. The summed E-state index contributed by atoms with van der Waals surface area (Å²) in [6.07, 6.45) is 6.33. The maximum atomic E-state index is 12.8. The van der Waals surface area contributed by atoms with Gasteiger partial charge in [-0.15, -0.1) is 10.2 Å². The van der Waals surface area contributed by atoms with Gasteiger partial charge in [0.05, 0.1) is 11.6 Å². The first-order valence-electron chi connectivity index (χ1n) is 10.1. The molecule has 0 spiro atoms. The number of carbonyl (C=O) groups is 1. The quantitative estimate of drug-likeness (QED) is 0.718. The predicted octanol–water partition coefficient (Wildman–Crippen LogP) is 3.96. The summed E-state index contributed by atoms with van der Waals surface area (Å²) in [6.45, 7) is 3.66. The molecular formula is C23H25N5O. The van der Waals surface area contributed by atoms with Gasteiger partial charge in [0.25, 0.3) is 0 Å². The summed E-state index contributed by atoms with van der Waals surface area (Å²) >= 11 is 0. The van der Waals surface area contributed by atoms with Crippen LogP contribution in [0.3, 0.4) is 0 Å². The van der Waals surface area contributed by atoms with Crippen molar-refractivity contribution in [3.63, 3.8) is 0 Å². The topological polar surface area (TPSA) is 71.0 Å². The second-order valence-electron chi connectivity index (χ2n) is 7.34. The van der Waals surface area contributed by atoms with Crippen LogP contribution >= 0.6 is 0 Å². The minimum Gasteiger partial charge on any atom is -0.354 e. The maximum absolute atomic E-state index is 12.8. The number of amides is 1. The highest BCUT2D eigenvalue weighted by molar-refractivity contribution is 5.93. The van der Waals surface area contributed by atoms with E-state index in [-0.39, 0.29) is 11.8 Å². The summed E-state index contributed by atoms with van der Waals surface area (Å²) in [4.78, 5) is 18.9. The van der Waals surface area contributed by atoms with Crippen molar-refractivity contribution in [2.45, 2.75) is 26.2 Å². The van der Waals surface area contributed by atoms with Gasteiger partial charge in [0.1, 0.15) is 0 Å². The van der Waals surface area contributed by atoms with Crippen molar-refractivity contribution < 1.29 is 4.79 Å². The van der Waals surface area contributed by atoms with Crippen molar-refractivity contribution in [2.75, 3.05) is 23.3 Å². The van der Waals surface area contributed by atoms with Crippen molar-refractivity contribution in [1.29, 1.82) is 0 Å². The van der Waals surface area contributed by atoms with Gasteiger partial charge in [-0.25, -0.2) is 0 Å². The summed E-state index contributed by atoms with van der Waals surface area (Å²) in [6, 6.07) is 15.8. The number of rotatable bonds is 5. The third-order valence-electron chi connectivity index (χ3n) is 5.37. The van der Waals surface area contributed by atoms with E-state index < -0.39 is 0 Å². The Kier molecular flexibility index (Phi) is 5.79. The molecule has 1 saturated heterocycles. The van der Waals surface area contributed by atoms with E-state index in [0.29, 0.717) is 6.54 Å². The molecule has 4 rings (SSSR count). The molecule has 0 saturated carbocycles. The molecule has 3 heterocycles. The van der Waals surface area contributed by atoms with Crippen LogP contribution in [0.4, 0.5) is 11.5 Å². The van der Waals surface area contributed by atoms with E-state index >= 15 is 0 Å². The number of anilines is 2. The molecule has 1 aliphatic rings. The molecular weight excluding hydrogens is 362 g/mol. The van der Waals surface area contributed by atoms with E-state index in [1.807, 2.05) is 36.4 Å². The molecule has 1 aliphatic heterocycles. The van der Waals surface area contributed by atoms with Gasteiger partial charge in [-0.05, 0) is 61.2 Å². The second-order valence-corrected chi connectivity index (χ2v) is 7.34. The molecule has 1 amide bonds. The zero-order valence-electron chi connectivity index (χ0n) is 16.6. The van der Waals surface area contributed by atoms with Crippen molar-refractivity contribution in [1.82, 2.24) is 15.2 Å². The van der Waals surface area contributed by atoms with Gasteiger partial charge in [0.2, 0.25) is 5.91 Å². The highest BCUT2D eigenvalue weighted by Crippen LogP contribution is 2.24. The number of piperidine rings is 1. The number of hydrogen-bond donors (Lipinski definition) is 1. The minimum absolute atomic E-state index is 0.0590. The largest absolute Gasteiger partial charge is 0.354 e. The summed E-state index contributed by atoms with van der Waals surface area (Å²) in [5.41, 5.74) is 3.92. The molecule has 0 bridgehead atoms. The highest BCUT2D eigenvalue weighted by Gasteiger charge is 2.26. The highest BCUT2D eigenvalue weighted by atomic mass is 16.1. The van der Waals surface area contributed by atoms with Crippen LogP contribution in [0.25, 0.3) is 11.3 Å². The Balaban J connectivity index is 1.40. The first-order valence-corrected chi connectivity index (χ1v) is 10.1. The molecule has 1 N–H and O–H groups in total. The summed E-state index contributed by atoms with van der Waals surface area (Å²) in [5.74, 6) is 0.823.